The van der Waals surface area contributed by atoms with Crippen molar-refractivity contribution in [3.63, 3.8) is 0 Å². The number of hydrogen-bond acceptors (Lipinski definition) is 9. The van der Waals surface area contributed by atoms with Crippen molar-refractivity contribution in [3.8, 4) is 5.75 Å². The number of anilines is 3. The number of rotatable bonds is 8. The van der Waals surface area contributed by atoms with Crippen molar-refractivity contribution in [2.75, 3.05) is 30.0 Å². The number of hydrogen-bond donors (Lipinski definition) is 3. The summed E-state index contributed by atoms with van der Waals surface area (Å²) < 4.78 is 11.4. The molecule has 41 heavy (non-hydrogen) atoms. The molecule has 2 aliphatic rings. The summed E-state index contributed by atoms with van der Waals surface area (Å²) in [5, 5.41) is 24.3. The second-order valence-corrected chi connectivity index (χ2v) is 12.2. The maximum atomic E-state index is 13.4. The molecule has 2 fully saturated rings. The van der Waals surface area contributed by atoms with E-state index in [4.69, 9.17) is 9.15 Å². The van der Waals surface area contributed by atoms with Crippen LogP contribution in [0, 0.1) is 12.3 Å². The van der Waals surface area contributed by atoms with E-state index < -0.39 is 51.5 Å². The van der Waals surface area contributed by atoms with E-state index in [0.717, 1.165) is 0 Å². The van der Waals surface area contributed by atoms with E-state index in [9.17, 15) is 29.4 Å². The highest BCUT2D eigenvalue weighted by atomic mass is 16.5. The predicted molar refractivity (Wildman–Crippen MR) is 152 cm³/mol. The minimum absolute atomic E-state index is 0.0594. The molecule has 3 heterocycles. The number of para-hydroxylation sites is 1. The van der Waals surface area contributed by atoms with Gasteiger partial charge in [-0.05, 0) is 64.8 Å². The average molecular weight is 566 g/mol. The summed E-state index contributed by atoms with van der Waals surface area (Å²) in [5.74, 6) is -0.817. The third-order valence-corrected chi connectivity index (χ3v) is 7.96. The van der Waals surface area contributed by atoms with Crippen LogP contribution in [0.4, 0.5) is 17.1 Å². The molecule has 1 aromatic heterocycles. The quantitative estimate of drug-likeness (QED) is 0.345. The Kier molecular flexibility index (Phi) is 6.97. The number of aliphatic carboxylic acids is 1. The maximum absolute atomic E-state index is 13.4. The van der Waals surface area contributed by atoms with E-state index in [0.29, 0.717) is 37.6 Å². The molecule has 2 saturated heterocycles. The van der Waals surface area contributed by atoms with E-state index >= 15 is 0 Å². The lowest BCUT2D eigenvalue weighted by Gasteiger charge is -2.45. The molecule has 1 unspecified atom stereocenters. The van der Waals surface area contributed by atoms with Crippen LogP contribution < -0.4 is 21.1 Å². The third-order valence-electron chi connectivity index (χ3n) is 7.96. The van der Waals surface area contributed by atoms with Crippen molar-refractivity contribution in [2.24, 2.45) is 5.41 Å². The second kappa shape index (κ2) is 10.1. The average Bonchev–Trinajstić information content (AvgIpc) is 3.56. The van der Waals surface area contributed by atoms with Gasteiger partial charge in [-0.15, -0.1) is 0 Å². The maximum Gasteiger partial charge on any atom is 0.326 e. The van der Waals surface area contributed by atoms with Crippen LogP contribution in [0.5, 0.6) is 5.75 Å². The molecule has 5 rings (SSSR count). The monoisotopic (exact) mass is 565 g/mol. The molecule has 3 aromatic rings. The number of ether oxygens (including phenoxy) is 1. The Hall–Kier alpha value is -4.12. The number of phenols is 1. The first-order chi connectivity index (χ1) is 19.2. The normalized spacial score (nSPS) is 19.1. The Labute approximate surface area is 237 Å². The molecule has 0 radical (unpaired) electrons. The largest absolute Gasteiger partial charge is 0.505 e. The molecule has 3 N–H and O–H groups in total. The Morgan fingerprint density at radius 2 is 1.85 bits per heavy atom. The van der Waals surface area contributed by atoms with E-state index in [-0.39, 0.29) is 29.2 Å². The predicted octanol–water partition coefficient (Wildman–Crippen LogP) is 3.71. The van der Waals surface area contributed by atoms with E-state index in [1.807, 2.05) is 46.8 Å². The van der Waals surface area contributed by atoms with Crippen molar-refractivity contribution in [3.05, 3.63) is 67.9 Å². The standard InChI is InChI=1S/C30H35N3O8/c1-16-11-12-20(41-16)26(30(5)14-40-15-30)31-21-22(25(36)24(21)35)33(29(2,3)4)18-9-6-8-17(23(18)34)27(37)32-13-7-10-19(32)28(38)39/h6,8-9,11-12,19,26,31,34H,7,10,13-15H2,1-5H3,(H,38,39)/t19-,26?/m1/s1. The number of likely N-dealkylation sites (tertiary alicyclic amines) is 1. The molecule has 0 spiro atoms. The van der Waals surface area contributed by atoms with E-state index in [1.165, 1.54) is 11.0 Å². The van der Waals surface area contributed by atoms with Crippen molar-refractivity contribution >= 4 is 28.9 Å². The molecule has 1 amide bonds. The van der Waals surface area contributed by atoms with Crippen LogP contribution in [0.3, 0.4) is 0 Å². The minimum Gasteiger partial charge on any atom is -0.505 e. The molecule has 2 aromatic carbocycles. The number of carbonyl (C=O) groups is 2. The molecule has 11 nitrogen and oxygen atoms in total. The smallest absolute Gasteiger partial charge is 0.326 e. The topological polar surface area (TPSA) is 150 Å². The molecular formula is C30H35N3O8. The Bertz CT molecular complexity index is 1570. The number of amides is 1. The van der Waals surface area contributed by atoms with Crippen LogP contribution in [0.2, 0.25) is 0 Å². The highest BCUT2D eigenvalue weighted by Gasteiger charge is 2.46. The highest BCUT2D eigenvalue weighted by molar-refractivity contribution is 6.01. The van der Waals surface area contributed by atoms with Gasteiger partial charge in [-0.2, -0.15) is 0 Å². The molecule has 0 bridgehead atoms. The fraction of sp³-hybridized carbons (Fsp3) is 0.467. The number of carboxylic acid groups (broad SMARTS) is 1. The number of aryl methyl sites for hydroxylation is 1. The number of carbonyl (C=O) groups excluding carboxylic acids is 1. The van der Waals surface area contributed by atoms with Gasteiger partial charge in [0.15, 0.2) is 5.75 Å². The molecule has 11 heteroatoms. The zero-order chi connectivity index (χ0) is 29.9. The lowest BCUT2D eigenvalue weighted by atomic mass is 9.78. The molecule has 2 atom stereocenters. The summed E-state index contributed by atoms with van der Waals surface area (Å²) >= 11 is 0. The van der Waals surface area contributed by atoms with E-state index in [1.54, 1.807) is 17.0 Å². The van der Waals surface area contributed by atoms with Gasteiger partial charge in [0.2, 0.25) is 0 Å². The molecule has 0 aliphatic carbocycles. The van der Waals surface area contributed by atoms with E-state index in [2.05, 4.69) is 5.32 Å². The summed E-state index contributed by atoms with van der Waals surface area (Å²) in [5.41, 5.74) is -2.45. The fourth-order valence-corrected chi connectivity index (χ4v) is 5.78. The number of nitrogens with one attached hydrogen (secondary N) is 1. The van der Waals surface area contributed by atoms with Gasteiger partial charge in [-0.25, -0.2) is 4.79 Å². The van der Waals surface area contributed by atoms with Crippen molar-refractivity contribution in [1.82, 2.24) is 4.90 Å². The number of benzene rings is 1. The van der Waals surface area contributed by atoms with Crippen molar-refractivity contribution < 1.29 is 29.0 Å². The number of nitrogens with zero attached hydrogens (tertiary/aromatic N) is 2. The number of carboxylic acids is 1. The Morgan fingerprint density at radius 3 is 2.41 bits per heavy atom. The van der Waals surface area contributed by atoms with Crippen molar-refractivity contribution in [1.29, 1.82) is 0 Å². The van der Waals surface area contributed by atoms with Crippen LogP contribution in [-0.2, 0) is 9.53 Å². The Morgan fingerprint density at radius 1 is 1.15 bits per heavy atom. The first kappa shape index (κ1) is 28.4. The minimum atomic E-state index is -1.10. The van der Waals surface area contributed by atoms with Crippen LogP contribution in [0.1, 0.15) is 68.5 Å². The lowest BCUT2D eigenvalue weighted by Crippen LogP contribution is -2.51. The zero-order valence-electron chi connectivity index (χ0n) is 23.8. The van der Waals surface area contributed by atoms with Gasteiger partial charge in [-0.1, -0.05) is 13.0 Å². The lowest BCUT2D eigenvalue weighted by molar-refractivity contribution is -0.141. The van der Waals surface area contributed by atoms with Crippen LogP contribution in [-0.4, -0.2) is 58.3 Å². The van der Waals surface area contributed by atoms with Gasteiger partial charge in [-0.3, -0.25) is 14.4 Å². The van der Waals surface area contributed by atoms with Crippen LogP contribution in [0.15, 0.2) is 44.3 Å². The van der Waals surface area contributed by atoms with Gasteiger partial charge in [0, 0.05) is 17.5 Å². The first-order valence-corrected chi connectivity index (χ1v) is 13.6. The summed E-state index contributed by atoms with van der Waals surface area (Å²) in [6.07, 6.45) is 0.866. The molecule has 0 saturated carbocycles. The fourth-order valence-electron chi connectivity index (χ4n) is 5.78. The van der Waals surface area contributed by atoms with Crippen LogP contribution >= 0.6 is 0 Å². The second-order valence-electron chi connectivity index (χ2n) is 12.2. The first-order valence-electron chi connectivity index (χ1n) is 13.6. The Balaban J connectivity index is 1.57. The van der Waals surface area contributed by atoms with Gasteiger partial charge in [0.25, 0.3) is 16.8 Å². The SMILES string of the molecule is Cc1ccc(C(Nc2c(N(c3cccc(C(=O)N4CCC[C@@H]4C(=O)O)c3O)C(C)(C)C)c(=O)c2=O)C2(C)COC2)o1. The highest BCUT2D eigenvalue weighted by Crippen LogP contribution is 2.46. The van der Waals surface area contributed by atoms with Crippen LogP contribution in [0.25, 0.3) is 0 Å². The van der Waals surface area contributed by atoms with Gasteiger partial charge >= 0.3 is 5.97 Å². The summed E-state index contributed by atoms with van der Waals surface area (Å²) in [4.78, 5) is 54.1. The van der Waals surface area contributed by atoms with Gasteiger partial charge in [0.1, 0.15) is 28.9 Å². The van der Waals surface area contributed by atoms with Crippen molar-refractivity contribution in [2.45, 2.75) is 65.1 Å². The number of furan rings is 1. The molecule has 218 valence electrons. The molecular weight excluding hydrogens is 530 g/mol. The summed E-state index contributed by atoms with van der Waals surface area (Å²) in [7, 11) is 0. The number of phenolic OH excluding ortho intramolecular Hbond substituents is 1. The van der Waals surface area contributed by atoms with Gasteiger partial charge in [0.05, 0.1) is 30.5 Å². The number of aromatic hydroxyl groups is 1. The summed E-state index contributed by atoms with van der Waals surface area (Å²) in [6.45, 7) is 10.4. The third kappa shape index (κ3) is 4.77. The summed E-state index contributed by atoms with van der Waals surface area (Å²) in [6, 6.07) is 6.75. The zero-order valence-corrected chi connectivity index (χ0v) is 23.8. The van der Waals surface area contributed by atoms with Gasteiger partial charge < -0.3 is 34.5 Å². The molecule has 2 aliphatic heterocycles.